The average molecular weight is 352 g/mol. The van der Waals surface area contributed by atoms with E-state index in [1.165, 1.54) is 11.1 Å². The summed E-state index contributed by atoms with van der Waals surface area (Å²) in [6.07, 6.45) is 4.30. The van der Waals surface area contributed by atoms with E-state index in [4.69, 9.17) is 0 Å². The molecular weight excluding hydrogens is 324 g/mol. The Morgan fingerprint density at radius 3 is 2.08 bits per heavy atom. The molecule has 0 radical (unpaired) electrons. The normalized spacial score (nSPS) is 11.7. The molecule has 0 aliphatic heterocycles. The molecule has 0 saturated heterocycles. The van der Waals surface area contributed by atoms with Gasteiger partial charge in [-0.2, -0.15) is 0 Å². The number of nitrogens with one attached hydrogen (secondary N) is 2. The highest BCUT2D eigenvalue weighted by Gasteiger charge is 2.17. The molecule has 0 heterocycles. The van der Waals surface area contributed by atoms with E-state index < -0.39 is 11.8 Å². The lowest BCUT2D eigenvalue weighted by atomic mass is 10.0. The van der Waals surface area contributed by atoms with Crippen molar-refractivity contribution in [1.29, 1.82) is 0 Å². The molecular formula is C22H28N2O2. The SMILES string of the molecule is CCCCc1ccc(NC(=O)C(=O)NC(C)c2ccc(CC)cc2)cc1. The van der Waals surface area contributed by atoms with Crippen LogP contribution in [0.1, 0.15) is 56.3 Å². The van der Waals surface area contributed by atoms with Gasteiger partial charge in [0.2, 0.25) is 0 Å². The molecule has 0 bridgehead atoms. The van der Waals surface area contributed by atoms with Gasteiger partial charge in [0.05, 0.1) is 6.04 Å². The predicted molar refractivity (Wildman–Crippen MR) is 106 cm³/mol. The second kappa shape index (κ2) is 9.76. The van der Waals surface area contributed by atoms with E-state index in [9.17, 15) is 9.59 Å². The zero-order valence-electron chi connectivity index (χ0n) is 15.8. The Morgan fingerprint density at radius 1 is 0.885 bits per heavy atom. The molecule has 26 heavy (non-hydrogen) atoms. The molecule has 2 aromatic carbocycles. The van der Waals surface area contributed by atoms with Gasteiger partial charge in [0.25, 0.3) is 0 Å². The van der Waals surface area contributed by atoms with Crippen molar-refractivity contribution in [2.45, 2.75) is 52.5 Å². The molecule has 4 heteroatoms. The maximum absolute atomic E-state index is 12.1. The van der Waals surface area contributed by atoms with Crippen LogP contribution in [0.15, 0.2) is 48.5 Å². The molecule has 2 N–H and O–H groups in total. The van der Waals surface area contributed by atoms with Gasteiger partial charge in [-0.25, -0.2) is 0 Å². The number of rotatable bonds is 7. The number of unbranched alkanes of at least 4 members (excludes halogenated alkanes) is 1. The van der Waals surface area contributed by atoms with E-state index >= 15 is 0 Å². The van der Waals surface area contributed by atoms with Gasteiger partial charge in [-0.1, -0.05) is 56.7 Å². The minimum absolute atomic E-state index is 0.226. The van der Waals surface area contributed by atoms with Gasteiger partial charge in [0.1, 0.15) is 0 Å². The maximum Gasteiger partial charge on any atom is 0.313 e. The summed E-state index contributed by atoms with van der Waals surface area (Å²) in [6.45, 7) is 6.13. The Kier molecular flexibility index (Phi) is 7.39. The third-order valence-corrected chi connectivity index (χ3v) is 4.47. The van der Waals surface area contributed by atoms with Gasteiger partial charge in [-0.15, -0.1) is 0 Å². The lowest BCUT2D eigenvalue weighted by molar-refractivity contribution is -0.136. The molecule has 1 unspecified atom stereocenters. The molecule has 0 saturated carbocycles. The highest BCUT2D eigenvalue weighted by Crippen LogP contribution is 2.14. The predicted octanol–water partition coefficient (Wildman–Crippen LogP) is 4.41. The quantitative estimate of drug-likeness (QED) is 0.725. The zero-order chi connectivity index (χ0) is 18.9. The van der Waals surface area contributed by atoms with E-state index in [1.807, 2.05) is 55.5 Å². The van der Waals surface area contributed by atoms with Crippen LogP contribution in [-0.2, 0) is 22.4 Å². The third kappa shape index (κ3) is 5.73. The van der Waals surface area contributed by atoms with E-state index in [-0.39, 0.29) is 6.04 Å². The number of aryl methyl sites for hydroxylation is 2. The average Bonchev–Trinajstić information content (AvgIpc) is 2.67. The van der Waals surface area contributed by atoms with Crippen LogP contribution >= 0.6 is 0 Å². The summed E-state index contributed by atoms with van der Waals surface area (Å²) >= 11 is 0. The second-order valence-corrected chi connectivity index (χ2v) is 6.54. The molecule has 138 valence electrons. The number of hydrogen-bond acceptors (Lipinski definition) is 2. The van der Waals surface area contributed by atoms with Crippen LogP contribution in [0.5, 0.6) is 0 Å². The Labute approximate surface area is 156 Å². The van der Waals surface area contributed by atoms with Crippen molar-refractivity contribution in [1.82, 2.24) is 5.32 Å². The summed E-state index contributed by atoms with van der Waals surface area (Å²) in [5.74, 6) is -1.28. The van der Waals surface area contributed by atoms with Crippen molar-refractivity contribution in [3.05, 3.63) is 65.2 Å². The fourth-order valence-electron chi connectivity index (χ4n) is 2.71. The van der Waals surface area contributed by atoms with Gasteiger partial charge < -0.3 is 10.6 Å². The standard InChI is InChI=1S/C22H28N2O2/c1-4-6-7-18-10-14-20(15-11-18)24-22(26)21(25)23-16(3)19-12-8-17(5-2)9-13-19/h8-16H,4-7H2,1-3H3,(H,23,25)(H,24,26). The Hall–Kier alpha value is -2.62. The number of carbonyl (C=O) groups excluding carboxylic acids is 2. The Bertz CT molecular complexity index is 721. The first-order valence-electron chi connectivity index (χ1n) is 9.33. The first-order valence-corrected chi connectivity index (χ1v) is 9.33. The number of hydrogen-bond donors (Lipinski definition) is 2. The van der Waals surface area contributed by atoms with Crippen LogP contribution in [-0.4, -0.2) is 11.8 Å². The van der Waals surface area contributed by atoms with Gasteiger partial charge in [0, 0.05) is 5.69 Å². The molecule has 0 aromatic heterocycles. The summed E-state index contributed by atoms with van der Waals surface area (Å²) in [5.41, 5.74) is 4.08. The molecule has 0 fully saturated rings. The molecule has 2 aromatic rings. The summed E-state index contributed by atoms with van der Waals surface area (Å²) in [5, 5.41) is 5.39. The molecule has 0 spiro atoms. The molecule has 0 aliphatic rings. The minimum Gasteiger partial charge on any atom is -0.341 e. The molecule has 2 rings (SSSR count). The summed E-state index contributed by atoms with van der Waals surface area (Å²) in [4.78, 5) is 24.3. The van der Waals surface area contributed by atoms with Crippen LogP contribution in [0.4, 0.5) is 5.69 Å². The number of anilines is 1. The van der Waals surface area contributed by atoms with E-state index in [2.05, 4.69) is 24.5 Å². The molecule has 2 amide bonds. The Balaban J connectivity index is 1.89. The Morgan fingerprint density at radius 2 is 1.50 bits per heavy atom. The highest BCUT2D eigenvalue weighted by molar-refractivity contribution is 6.39. The van der Waals surface area contributed by atoms with Crippen LogP contribution in [0.2, 0.25) is 0 Å². The fraction of sp³-hybridized carbons (Fsp3) is 0.364. The summed E-state index contributed by atoms with van der Waals surface area (Å²) in [7, 11) is 0. The highest BCUT2D eigenvalue weighted by atomic mass is 16.2. The zero-order valence-corrected chi connectivity index (χ0v) is 15.8. The monoisotopic (exact) mass is 352 g/mol. The van der Waals surface area contributed by atoms with Crippen molar-refractivity contribution in [3.8, 4) is 0 Å². The first-order chi connectivity index (χ1) is 12.5. The second-order valence-electron chi connectivity index (χ2n) is 6.54. The van der Waals surface area contributed by atoms with Crippen LogP contribution < -0.4 is 10.6 Å². The largest absolute Gasteiger partial charge is 0.341 e. The van der Waals surface area contributed by atoms with Crippen molar-refractivity contribution >= 4 is 17.5 Å². The fourth-order valence-corrected chi connectivity index (χ4v) is 2.71. The molecule has 0 aliphatic carbocycles. The maximum atomic E-state index is 12.1. The molecule has 1 atom stereocenters. The summed E-state index contributed by atoms with van der Waals surface area (Å²) in [6, 6.07) is 15.5. The van der Waals surface area contributed by atoms with Crippen LogP contribution in [0.3, 0.4) is 0 Å². The van der Waals surface area contributed by atoms with Crippen LogP contribution in [0, 0.1) is 0 Å². The van der Waals surface area contributed by atoms with Crippen molar-refractivity contribution in [2.75, 3.05) is 5.32 Å². The van der Waals surface area contributed by atoms with E-state index in [0.717, 1.165) is 31.2 Å². The van der Waals surface area contributed by atoms with E-state index in [0.29, 0.717) is 5.69 Å². The lowest BCUT2D eigenvalue weighted by Gasteiger charge is -2.14. The van der Waals surface area contributed by atoms with Crippen LogP contribution in [0.25, 0.3) is 0 Å². The molecule has 4 nitrogen and oxygen atoms in total. The third-order valence-electron chi connectivity index (χ3n) is 4.47. The van der Waals surface area contributed by atoms with Gasteiger partial charge >= 0.3 is 11.8 Å². The van der Waals surface area contributed by atoms with Crippen molar-refractivity contribution < 1.29 is 9.59 Å². The summed E-state index contributed by atoms with van der Waals surface area (Å²) < 4.78 is 0. The number of carbonyl (C=O) groups is 2. The van der Waals surface area contributed by atoms with Crippen molar-refractivity contribution in [3.63, 3.8) is 0 Å². The van der Waals surface area contributed by atoms with Crippen molar-refractivity contribution in [2.24, 2.45) is 0 Å². The van der Waals surface area contributed by atoms with Gasteiger partial charge in [0.15, 0.2) is 0 Å². The first kappa shape index (κ1) is 19.7. The smallest absolute Gasteiger partial charge is 0.313 e. The van der Waals surface area contributed by atoms with E-state index in [1.54, 1.807) is 0 Å². The number of amides is 2. The van der Waals surface area contributed by atoms with Gasteiger partial charge in [-0.3, -0.25) is 9.59 Å². The number of benzene rings is 2. The lowest BCUT2D eigenvalue weighted by Crippen LogP contribution is -2.36. The van der Waals surface area contributed by atoms with Gasteiger partial charge in [-0.05, 0) is 55.0 Å². The minimum atomic E-state index is -0.650. The topological polar surface area (TPSA) is 58.2 Å².